The summed E-state index contributed by atoms with van der Waals surface area (Å²) in [6.45, 7) is 2.14. The molecule has 0 aliphatic rings. The van der Waals surface area contributed by atoms with Gasteiger partial charge in [0.15, 0.2) is 0 Å². The molecule has 0 fully saturated rings. The monoisotopic (exact) mass is 170 g/mol. The van der Waals surface area contributed by atoms with Crippen molar-refractivity contribution in [3.8, 4) is 0 Å². The number of rotatable bonds is 6. The van der Waals surface area contributed by atoms with Gasteiger partial charge in [-0.1, -0.05) is 32.6 Å². The van der Waals surface area contributed by atoms with Crippen LogP contribution in [0.5, 0.6) is 0 Å². The first kappa shape index (κ1) is 13.6. The van der Waals surface area contributed by atoms with Gasteiger partial charge >= 0.3 is 17.4 Å². The van der Waals surface area contributed by atoms with Gasteiger partial charge < -0.3 is 9.90 Å². The molecule has 0 aliphatic heterocycles. The molecule has 3 heteroatoms. The van der Waals surface area contributed by atoms with Crippen LogP contribution in [0.3, 0.4) is 0 Å². The zero-order chi connectivity index (χ0) is 7.82. The average Bonchev–Trinajstić information content (AvgIpc) is 1.87. The van der Waals surface area contributed by atoms with Crippen molar-refractivity contribution in [2.75, 3.05) is 0 Å². The van der Waals surface area contributed by atoms with E-state index in [1.54, 1.807) is 0 Å². The molecule has 0 spiro atoms. The van der Waals surface area contributed by atoms with E-state index < -0.39 is 5.97 Å². The Morgan fingerprint density at radius 1 is 1.18 bits per heavy atom. The van der Waals surface area contributed by atoms with Crippen LogP contribution in [-0.2, 0) is 4.79 Å². The fraction of sp³-hybridized carbons (Fsp3) is 0.875. The van der Waals surface area contributed by atoms with E-state index in [-0.39, 0.29) is 23.8 Å². The zero-order valence-corrected chi connectivity index (χ0v) is 8.29. The SMILES string of the molecule is CCCCCCCC(=O)[O-].[Al+]. The van der Waals surface area contributed by atoms with Crippen LogP contribution in [0.1, 0.15) is 45.4 Å². The molecular weight excluding hydrogens is 155 g/mol. The van der Waals surface area contributed by atoms with Crippen molar-refractivity contribution in [1.29, 1.82) is 0 Å². The molecule has 0 aromatic carbocycles. The molecule has 2 nitrogen and oxygen atoms in total. The molecule has 0 bridgehead atoms. The van der Waals surface area contributed by atoms with E-state index in [9.17, 15) is 9.90 Å². The number of carbonyl (C=O) groups excluding carboxylic acids is 1. The van der Waals surface area contributed by atoms with Gasteiger partial charge in [0, 0.05) is 5.97 Å². The van der Waals surface area contributed by atoms with Gasteiger partial charge in [-0.05, 0) is 12.8 Å². The molecule has 0 saturated carbocycles. The summed E-state index contributed by atoms with van der Waals surface area (Å²) >= 11 is 0. The Bertz CT molecular complexity index is 94.1. The van der Waals surface area contributed by atoms with E-state index in [4.69, 9.17) is 0 Å². The Hall–Kier alpha value is 0.00247. The quantitative estimate of drug-likeness (QED) is 0.435. The summed E-state index contributed by atoms with van der Waals surface area (Å²) in [4.78, 5) is 9.92. The van der Waals surface area contributed by atoms with E-state index in [0.29, 0.717) is 0 Å². The van der Waals surface area contributed by atoms with E-state index in [1.165, 1.54) is 12.8 Å². The van der Waals surface area contributed by atoms with Gasteiger partial charge in [-0.3, -0.25) is 0 Å². The van der Waals surface area contributed by atoms with E-state index in [0.717, 1.165) is 19.3 Å². The Kier molecular flexibility index (Phi) is 12.4. The van der Waals surface area contributed by atoms with Crippen molar-refractivity contribution in [1.82, 2.24) is 0 Å². The molecule has 0 N–H and O–H groups in total. The summed E-state index contributed by atoms with van der Waals surface area (Å²) in [5.41, 5.74) is 0. The number of carbonyl (C=O) groups is 1. The van der Waals surface area contributed by atoms with Crippen LogP contribution >= 0.6 is 0 Å². The molecule has 11 heavy (non-hydrogen) atoms. The van der Waals surface area contributed by atoms with Gasteiger partial charge in [-0.2, -0.15) is 0 Å². The summed E-state index contributed by atoms with van der Waals surface area (Å²) in [7, 11) is 0. The maximum atomic E-state index is 9.92. The Morgan fingerprint density at radius 3 is 2.18 bits per heavy atom. The number of hydrogen-bond donors (Lipinski definition) is 0. The predicted molar refractivity (Wildman–Crippen MR) is 44.1 cm³/mol. The maximum absolute atomic E-state index is 9.92. The third-order valence-electron chi connectivity index (χ3n) is 1.48. The number of hydrogen-bond acceptors (Lipinski definition) is 2. The van der Waals surface area contributed by atoms with Crippen LogP contribution in [0.15, 0.2) is 0 Å². The fourth-order valence-corrected chi connectivity index (χ4v) is 0.873. The molecule has 0 amide bonds. The standard InChI is InChI=1S/C8H16O2.Al/c1-2-3-4-5-6-7-8(9)10;/h2-7H2,1H3,(H,9,10);/q;+1/p-1. The third kappa shape index (κ3) is 13.1. The molecule has 0 unspecified atom stereocenters. The van der Waals surface area contributed by atoms with Crippen molar-refractivity contribution >= 4 is 23.3 Å². The van der Waals surface area contributed by atoms with Gasteiger partial charge in [-0.15, -0.1) is 0 Å². The second-order valence-corrected chi connectivity index (χ2v) is 2.54. The Balaban J connectivity index is 0. The smallest absolute Gasteiger partial charge is 0.550 e. The molecule has 0 heterocycles. The largest absolute Gasteiger partial charge is 1.00 e. The summed E-state index contributed by atoms with van der Waals surface area (Å²) in [5, 5.41) is 9.92. The van der Waals surface area contributed by atoms with Crippen LogP contribution in [0.25, 0.3) is 0 Å². The number of unbranched alkanes of at least 4 members (excludes halogenated alkanes) is 4. The minimum absolute atomic E-state index is 0. The molecule has 2 radical (unpaired) electrons. The van der Waals surface area contributed by atoms with Gasteiger partial charge in [0.25, 0.3) is 0 Å². The van der Waals surface area contributed by atoms with Crippen LogP contribution in [-0.4, -0.2) is 23.3 Å². The van der Waals surface area contributed by atoms with Crippen molar-refractivity contribution in [2.24, 2.45) is 0 Å². The van der Waals surface area contributed by atoms with Crippen LogP contribution in [0.4, 0.5) is 0 Å². The number of carboxylic acid groups (broad SMARTS) is 1. The summed E-state index contributed by atoms with van der Waals surface area (Å²) < 4.78 is 0. The summed E-state index contributed by atoms with van der Waals surface area (Å²) in [6, 6.07) is 0. The minimum Gasteiger partial charge on any atom is -0.550 e. The van der Waals surface area contributed by atoms with Gasteiger partial charge in [-0.25, -0.2) is 0 Å². The molecule has 0 aromatic heterocycles. The average molecular weight is 170 g/mol. The topological polar surface area (TPSA) is 40.1 Å². The third-order valence-corrected chi connectivity index (χ3v) is 1.48. The Morgan fingerprint density at radius 2 is 1.73 bits per heavy atom. The minimum atomic E-state index is -0.920. The normalized spacial score (nSPS) is 8.82. The van der Waals surface area contributed by atoms with Crippen LogP contribution < -0.4 is 5.11 Å². The second-order valence-electron chi connectivity index (χ2n) is 2.54. The fourth-order valence-electron chi connectivity index (χ4n) is 0.873. The first-order chi connectivity index (χ1) is 4.77. The van der Waals surface area contributed by atoms with Crippen molar-refractivity contribution < 1.29 is 9.90 Å². The molecule has 62 valence electrons. The van der Waals surface area contributed by atoms with Crippen LogP contribution in [0, 0.1) is 0 Å². The Labute approximate surface area is 79.1 Å². The van der Waals surface area contributed by atoms with Gasteiger partial charge in [0.05, 0.1) is 0 Å². The number of carboxylic acids is 1. The molecule has 0 atom stereocenters. The first-order valence-corrected chi connectivity index (χ1v) is 3.97. The predicted octanol–water partition coefficient (Wildman–Crippen LogP) is 0.716. The molecule has 0 saturated heterocycles. The van der Waals surface area contributed by atoms with Gasteiger partial charge in [0.1, 0.15) is 0 Å². The van der Waals surface area contributed by atoms with Crippen molar-refractivity contribution in [3.05, 3.63) is 0 Å². The summed E-state index contributed by atoms with van der Waals surface area (Å²) in [6.07, 6.45) is 5.61. The van der Waals surface area contributed by atoms with E-state index >= 15 is 0 Å². The molecule has 0 aromatic rings. The van der Waals surface area contributed by atoms with Crippen molar-refractivity contribution in [2.45, 2.75) is 45.4 Å². The summed E-state index contributed by atoms with van der Waals surface area (Å²) in [5.74, 6) is -0.920. The molecule has 0 rings (SSSR count). The van der Waals surface area contributed by atoms with Crippen molar-refractivity contribution in [3.63, 3.8) is 0 Å². The second kappa shape index (κ2) is 10.0. The zero-order valence-electron chi connectivity index (χ0n) is 7.14. The first-order valence-electron chi connectivity index (χ1n) is 3.97. The molecular formula is C8H15AlO2. The van der Waals surface area contributed by atoms with E-state index in [1.807, 2.05) is 0 Å². The molecule has 0 aliphatic carbocycles. The van der Waals surface area contributed by atoms with Gasteiger partial charge in [0.2, 0.25) is 0 Å². The number of aliphatic carboxylic acids is 1. The van der Waals surface area contributed by atoms with E-state index in [2.05, 4.69) is 6.92 Å². The maximum Gasteiger partial charge on any atom is 1.00 e. The van der Waals surface area contributed by atoms with Crippen LogP contribution in [0.2, 0.25) is 0 Å².